The van der Waals surface area contributed by atoms with Gasteiger partial charge in [0.25, 0.3) is 0 Å². The summed E-state index contributed by atoms with van der Waals surface area (Å²) in [6.07, 6.45) is 1.52. The number of nitrogens with one attached hydrogen (secondary N) is 1. The van der Waals surface area contributed by atoms with Crippen molar-refractivity contribution in [1.82, 2.24) is 5.32 Å². The number of aliphatic hydroxyl groups excluding tert-OH is 1. The van der Waals surface area contributed by atoms with Crippen molar-refractivity contribution in [3.05, 3.63) is 35.9 Å². The number of aliphatic hydroxyl groups is 1. The Morgan fingerprint density at radius 3 is 2.36 bits per heavy atom. The smallest absolute Gasteiger partial charge is 0.239 e. The van der Waals surface area contributed by atoms with Crippen LogP contribution in [0.25, 0.3) is 0 Å². The molecule has 0 bridgehead atoms. The van der Waals surface area contributed by atoms with Crippen molar-refractivity contribution in [3.8, 4) is 0 Å². The zero-order valence-electron chi connectivity index (χ0n) is 14.2. The van der Waals surface area contributed by atoms with Crippen LogP contribution in [0.5, 0.6) is 0 Å². The van der Waals surface area contributed by atoms with Crippen molar-refractivity contribution in [1.29, 1.82) is 0 Å². The van der Waals surface area contributed by atoms with E-state index in [2.05, 4.69) is 5.32 Å². The summed E-state index contributed by atoms with van der Waals surface area (Å²) in [5.41, 5.74) is 6.01. The second-order valence-corrected chi connectivity index (χ2v) is 6.99. The third-order valence-electron chi connectivity index (χ3n) is 4.31. The van der Waals surface area contributed by atoms with Gasteiger partial charge in [-0.15, -0.1) is 0 Å². The van der Waals surface area contributed by atoms with Gasteiger partial charge in [-0.25, -0.2) is 0 Å². The molecular formula is C18H30N2O2. The Labute approximate surface area is 134 Å². The number of carbonyl (C=O) groups is 1. The van der Waals surface area contributed by atoms with Crippen LogP contribution in [0.15, 0.2) is 30.3 Å². The van der Waals surface area contributed by atoms with Crippen molar-refractivity contribution in [2.24, 2.45) is 11.1 Å². The molecule has 0 aliphatic rings. The van der Waals surface area contributed by atoms with E-state index in [1.807, 2.05) is 51.1 Å². The van der Waals surface area contributed by atoms with E-state index in [-0.39, 0.29) is 23.8 Å². The molecule has 0 aliphatic carbocycles. The summed E-state index contributed by atoms with van der Waals surface area (Å²) in [5.74, 6) is -0.107. The summed E-state index contributed by atoms with van der Waals surface area (Å²) < 4.78 is 0. The van der Waals surface area contributed by atoms with E-state index < -0.39 is 5.54 Å². The molecule has 1 aromatic carbocycles. The van der Waals surface area contributed by atoms with Crippen molar-refractivity contribution in [3.63, 3.8) is 0 Å². The lowest BCUT2D eigenvalue weighted by Crippen LogP contribution is -2.53. The molecular weight excluding hydrogens is 276 g/mol. The monoisotopic (exact) mass is 306 g/mol. The Balaban J connectivity index is 2.86. The molecule has 2 unspecified atom stereocenters. The van der Waals surface area contributed by atoms with Crippen LogP contribution in [-0.2, 0) is 4.79 Å². The second-order valence-electron chi connectivity index (χ2n) is 6.99. The van der Waals surface area contributed by atoms with Crippen LogP contribution in [0.1, 0.15) is 52.0 Å². The van der Waals surface area contributed by atoms with Crippen molar-refractivity contribution >= 4 is 5.91 Å². The van der Waals surface area contributed by atoms with Crippen LogP contribution >= 0.6 is 0 Å². The lowest BCUT2D eigenvalue weighted by Gasteiger charge is -2.34. The predicted octanol–water partition coefficient (Wildman–Crippen LogP) is 2.42. The Bertz CT molecular complexity index is 469. The first-order valence-electron chi connectivity index (χ1n) is 7.97. The van der Waals surface area contributed by atoms with Crippen molar-refractivity contribution in [2.75, 3.05) is 13.2 Å². The summed E-state index contributed by atoms with van der Waals surface area (Å²) in [6, 6.07) is 9.97. The first kappa shape index (κ1) is 18.7. The lowest BCUT2D eigenvalue weighted by atomic mass is 9.75. The molecule has 0 radical (unpaired) electrons. The Kier molecular flexibility index (Phi) is 6.57. The van der Waals surface area contributed by atoms with Crippen molar-refractivity contribution < 1.29 is 9.90 Å². The molecule has 0 heterocycles. The summed E-state index contributed by atoms with van der Waals surface area (Å²) in [4.78, 5) is 12.3. The van der Waals surface area contributed by atoms with Gasteiger partial charge in [0.05, 0.1) is 5.54 Å². The molecule has 22 heavy (non-hydrogen) atoms. The summed E-state index contributed by atoms with van der Waals surface area (Å²) in [7, 11) is 0. The molecule has 1 aromatic rings. The molecule has 124 valence electrons. The molecule has 0 saturated carbocycles. The minimum atomic E-state index is -0.848. The van der Waals surface area contributed by atoms with E-state index in [9.17, 15) is 9.90 Å². The molecule has 2 atom stereocenters. The van der Waals surface area contributed by atoms with Crippen LogP contribution < -0.4 is 11.1 Å². The van der Waals surface area contributed by atoms with E-state index >= 15 is 0 Å². The molecule has 1 amide bonds. The van der Waals surface area contributed by atoms with Gasteiger partial charge in [0.2, 0.25) is 5.91 Å². The van der Waals surface area contributed by atoms with Gasteiger partial charge >= 0.3 is 0 Å². The standard InChI is InChI=1S/C18H30N2O2/c1-5-11-18(4,19)16(22)20-12-15(17(2,3)13-21)14-9-7-6-8-10-14/h6-10,15,21H,5,11-13,19H2,1-4H3,(H,20,22). The molecule has 4 N–H and O–H groups in total. The highest BCUT2D eigenvalue weighted by Gasteiger charge is 2.33. The number of amides is 1. The fourth-order valence-electron chi connectivity index (χ4n) is 2.67. The third-order valence-corrected chi connectivity index (χ3v) is 4.31. The van der Waals surface area contributed by atoms with Crippen LogP contribution in [0.4, 0.5) is 0 Å². The summed E-state index contributed by atoms with van der Waals surface area (Å²) in [6.45, 7) is 8.31. The number of carbonyl (C=O) groups excluding carboxylic acids is 1. The highest BCUT2D eigenvalue weighted by Crippen LogP contribution is 2.34. The van der Waals surface area contributed by atoms with E-state index in [0.29, 0.717) is 13.0 Å². The maximum Gasteiger partial charge on any atom is 0.239 e. The van der Waals surface area contributed by atoms with Gasteiger partial charge in [-0.1, -0.05) is 57.5 Å². The van der Waals surface area contributed by atoms with E-state index in [0.717, 1.165) is 12.0 Å². The van der Waals surface area contributed by atoms with Crippen LogP contribution in [0, 0.1) is 5.41 Å². The number of rotatable bonds is 8. The van der Waals surface area contributed by atoms with Crippen LogP contribution in [-0.4, -0.2) is 29.7 Å². The van der Waals surface area contributed by atoms with Gasteiger partial charge in [-0.2, -0.15) is 0 Å². The number of benzene rings is 1. The van der Waals surface area contributed by atoms with Gasteiger partial charge in [-0.3, -0.25) is 4.79 Å². The normalized spacial score (nSPS) is 15.9. The van der Waals surface area contributed by atoms with Gasteiger partial charge in [0.1, 0.15) is 0 Å². The van der Waals surface area contributed by atoms with Crippen LogP contribution in [0.3, 0.4) is 0 Å². The minimum Gasteiger partial charge on any atom is -0.396 e. The maximum absolute atomic E-state index is 12.3. The summed E-state index contributed by atoms with van der Waals surface area (Å²) >= 11 is 0. The van der Waals surface area contributed by atoms with Gasteiger partial charge < -0.3 is 16.2 Å². The predicted molar refractivity (Wildman–Crippen MR) is 90.6 cm³/mol. The third kappa shape index (κ3) is 4.82. The molecule has 0 fully saturated rings. The molecule has 4 nitrogen and oxygen atoms in total. The van der Waals surface area contributed by atoms with E-state index in [1.165, 1.54) is 0 Å². The zero-order valence-corrected chi connectivity index (χ0v) is 14.2. The quantitative estimate of drug-likeness (QED) is 0.690. The first-order chi connectivity index (χ1) is 10.2. The zero-order chi connectivity index (χ0) is 16.8. The van der Waals surface area contributed by atoms with Crippen LogP contribution in [0.2, 0.25) is 0 Å². The molecule has 4 heteroatoms. The largest absolute Gasteiger partial charge is 0.396 e. The average molecular weight is 306 g/mol. The van der Waals surface area contributed by atoms with Gasteiger partial charge in [0.15, 0.2) is 0 Å². The molecule has 1 rings (SSSR count). The fraction of sp³-hybridized carbons (Fsp3) is 0.611. The topological polar surface area (TPSA) is 75.4 Å². The molecule has 0 aliphatic heterocycles. The fourth-order valence-corrected chi connectivity index (χ4v) is 2.67. The molecule has 0 spiro atoms. The second kappa shape index (κ2) is 7.75. The maximum atomic E-state index is 12.3. The Hall–Kier alpha value is -1.39. The van der Waals surface area contributed by atoms with Gasteiger partial charge in [-0.05, 0) is 24.3 Å². The summed E-state index contributed by atoms with van der Waals surface area (Å²) in [5, 5.41) is 12.7. The molecule has 0 aromatic heterocycles. The SMILES string of the molecule is CCCC(C)(N)C(=O)NCC(c1ccccc1)C(C)(C)CO. The van der Waals surface area contributed by atoms with Gasteiger partial charge in [0, 0.05) is 19.1 Å². The van der Waals surface area contributed by atoms with E-state index in [4.69, 9.17) is 5.73 Å². The molecule has 0 saturated heterocycles. The first-order valence-corrected chi connectivity index (χ1v) is 7.97. The highest BCUT2D eigenvalue weighted by atomic mass is 16.3. The Morgan fingerprint density at radius 2 is 1.86 bits per heavy atom. The Morgan fingerprint density at radius 1 is 1.27 bits per heavy atom. The van der Waals surface area contributed by atoms with Crippen molar-refractivity contribution in [2.45, 2.75) is 52.0 Å². The minimum absolute atomic E-state index is 0.0278. The number of hydrogen-bond acceptors (Lipinski definition) is 3. The highest BCUT2D eigenvalue weighted by molar-refractivity contribution is 5.85. The number of hydrogen-bond donors (Lipinski definition) is 3. The van der Waals surface area contributed by atoms with E-state index in [1.54, 1.807) is 6.92 Å². The lowest BCUT2D eigenvalue weighted by molar-refractivity contribution is -0.126. The average Bonchev–Trinajstić information content (AvgIpc) is 2.48. The number of nitrogens with two attached hydrogens (primary N) is 1.